The van der Waals surface area contributed by atoms with E-state index < -0.39 is 18.0 Å². The van der Waals surface area contributed by atoms with E-state index in [0.29, 0.717) is 63.8 Å². The highest BCUT2D eigenvalue weighted by molar-refractivity contribution is 5.88. The highest BCUT2D eigenvalue weighted by atomic mass is 16.5. The zero-order chi connectivity index (χ0) is 50.2. The van der Waals surface area contributed by atoms with Crippen molar-refractivity contribution in [2.75, 3.05) is 72.6 Å². The van der Waals surface area contributed by atoms with Crippen molar-refractivity contribution in [3.05, 3.63) is 36.9 Å². The van der Waals surface area contributed by atoms with E-state index in [0.717, 1.165) is 44.9 Å². The van der Waals surface area contributed by atoms with Gasteiger partial charge in [0.1, 0.15) is 42.4 Å². The summed E-state index contributed by atoms with van der Waals surface area (Å²) in [5.41, 5.74) is 0.204. The number of ketones is 3. The van der Waals surface area contributed by atoms with Crippen molar-refractivity contribution >= 4 is 47.0 Å². The lowest BCUT2D eigenvalue weighted by molar-refractivity contribution is -0.142. The SMILES string of the molecule is [CH]N[C@@H](CCC)C(=O)CC[C@@H](CCCCNC(=O)COCCOCCNC(=O)COCCOCCCC(=O)CC[C@H](NC(=O)CCCCCCCCOc1ccc(C(=O)O)cc1)C(=O)O)C(C)=O. The van der Waals surface area contributed by atoms with Crippen molar-refractivity contribution in [2.45, 2.75) is 142 Å². The molecule has 19 nitrogen and oxygen atoms in total. The summed E-state index contributed by atoms with van der Waals surface area (Å²) in [4.78, 5) is 95.7. The maximum absolute atomic E-state index is 12.3. The van der Waals surface area contributed by atoms with Crippen LogP contribution in [0, 0.1) is 13.0 Å². The number of carbonyl (C=O) groups excluding carboxylic acids is 6. The molecular formula is C49H78N4O15. The summed E-state index contributed by atoms with van der Waals surface area (Å²) in [6, 6.07) is 4.73. The van der Waals surface area contributed by atoms with Crippen LogP contribution in [-0.2, 0) is 52.5 Å². The minimum absolute atomic E-state index is 0.000371. The Morgan fingerprint density at radius 3 is 1.81 bits per heavy atom. The van der Waals surface area contributed by atoms with Crippen LogP contribution in [0.15, 0.2) is 24.3 Å². The maximum atomic E-state index is 12.3. The fourth-order valence-corrected chi connectivity index (χ4v) is 6.85. The molecule has 2 radical (unpaired) electrons. The van der Waals surface area contributed by atoms with Gasteiger partial charge in [-0.2, -0.15) is 0 Å². The maximum Gasteiger partial charge on any atom is 0.335 e. The van der Waals surface area contributed by atoms with Gasteiger partial charge in [0.15, 0.2) is 0 Å². The van der Waals surface area contributed by atoms with Crippen molar-refractivity contribution in [1.82, 2.24) is 21.3 Å². The lowest BCUT2D eigenvalue weighted by Crippen LogP contribution is -2.41. The highest BCUT2D eigenvalue weighted by Crippen LogP contribution is 2.18. The fraction of sp³-hybridized carbons (Fsp3) is 0.694. The van der Waals surface area contributed by atoms with Gasteiger partial charge in [-0.15, -0.1) is 0 Å². The third-order valence-electron chi connectivity index (χ3n) is 10.8. The molecule has 0 saturated heterocycles. The molecule has 0 aliphatic carbocycles. The number of hydrogen-bond donors (Lipinski definition) is 6. The van der Waals surface area contributed by atoms with E-state index in [1.807, 2.05) is 6.92 Å². The second-order valence-electron chi connectivity index (χ2n) is 16.5. The summed E-state index contributed by atoms with van der Waals surface area (Å²) in [7, 11) is 5.48. The number of carboxylic acids is 2. The third-order valence-corrected chi connectivity index (χ3v) is 10.8. The number of aliphatic carboxylic acids is 1. The number of Topliss-reactive ketones (excluding diaryl/α,β-unsaturated/α-hetero) is 3. The molecule has 0 heterocycles. The highest BCUT2D eigenvalue weighted by Gasteiger charge is 2.22. The topological polar surface area (TPSA) is 271 Å². The number of benzene rings is 1. The number of unbranched alkanes of at least 4 members (excludes halogenated alkanes) is 6. The average molecular weight is 963 g/mol. The Kier molecular flexibility index (Phi) is 36.1. The summed E-state index contributed by atoms with van der Waals surface area (Å²) in [5, 5.41) is 29.0. The van der Waals surface area contributed by atoms with Crippen LogP contribution in [0.1, 0.15) is 140 Å². The lowest BCUT2D eigenvalue weighted by Gasteiger charge is -2.17. The zero-order valence-electron chi connectivity index (χ0n) is 40.3. The molecule has 0 saturated carbocycles. The second kappa shape index (κ2) is 40.1. The molecule has 0 aromatic heterocycles. The van der Waals surface area contributed by atoms with Gasteiger partial charge >= 0.3 is 11.9 Å². The molecule has 0 bridgehead atoms. The first-order valence-electron chi connectivity index (χ1n) is 24.1. The van der Waals surface area contributed by atoms with Crippen LogP contribution in [0.5, 0.6) is 5.75 Å². The van der Waals surface area contributed by atoms with Crippen molar-refractivity contribution in [2.24, 2.45) is 5.92 Å². The quantitative estimate of drug-likeness (QED) is 0.0384. The predicted molar refractivity (Wildman–Crippen MR) is 252 cm³/mol. The van der Waals surface area contributed by atoms with Crippen molar-refractivity contribution in [1.29, 1.82) is 0 Å². The number of amides is 3. The molecule has 3 amide bonds. The van der Waals surface area contributed by atoms with Gasteiger partial charge in [-0.05, 0) is 82.6 Å². The molecule has 1 aromatic carbocycles. The first-order valence-corrected chi connectivity index (χ1v) is 24.1. The van der Waals surface area contributed by atoms with E-state index in [2.05, 4.69) is 21.3 Å². The Morgan fingerprint density at radius 2 is 1.19 bits per heavy atom. The molecule has 0 aliphatic heterocycles. The van der Waals surface area contributed by atoms with E-state index in [1.54, 1.807) is 12.1 Å². The van der Waals surface area contributed by atoms with E-state index in [9.17, 15) is 43.5 Å². The van der Waals surface area contributed by atoms with Crippen LogP contribution in [0.2, 0.25) is 0 Å². The fourth-order valence-electron chi connectivity index (χ4n) is 6.85. The second-order valence-corrected chi connectivity index (χ2v) is 16.5. The Labute approximate surface area is 402 Å². The number of aromatic carboxylic acids is 1. The summed E-state index contributed by atoms with van der Waals surface area (Å²) < 4.78 is 27.1. The van der Waals surface area contributed by atoms with Gasteiger partial charge in [0.05, 0.1) is 51.2 Å². The van der Waals surface area contributed by atoms with Crippen molar-refractivity contribution < 1.29 is 72.3 Å². The Balaban J connectivity index is 1.96. The van der Waals surface area contributed by atoms with Crippen LogP contribution in [0.4, 0.5) is 0 Å². The third kappa shape index (κ3) is 32.8. The van der Waals surface area contributed by atoms with Crippen molar-refractivity contribution in [3.63, 3.8) is 0 Å². The van der Waals surface area contributed by atoms with Gasteiger partial charge in [0.2, 0.25) is 17.7 Å². The van der Waals surface area contributed by atoms with Gasteiger partial charge in [-0.3, -0.25) is 28.8 Å². The van der Waals surface area contributed by atoms with Crippen LogP contribution < -0.4 is 26.0 Å². The molecule has 1 aromatic rings. The predicted octanol–water partition coefficient (Wildman–Crippen LogP) is 4.64. The minimum Gasteiger partial charge on any atom is -0.494 e. The number of ether oxygens (including phenoxy) is 5. The number of carbonyl (C=O) groups is 8. The van der Waals surface area contributed by atoms with E-state index in [-0.39, 0.29) is 138 Å². The van der Waals surface area contributed by atoms with Gasteiger partial charge in [-0.25, -0.2) is 9.59 Å². The Morgan fingerprint density at radius 1 is 0.574 bits per heavy atom. The van der Waals surface area contributed by atoms with Crippen molar-refractivity contribution in [3.8, 4) is 5.75 Å². The van der Waals surface area contributed by atoms with Gasteiger partial charge < -0.3 is 55.2 Å². The van der Waals surface area contributed by atoms with Crippen LogP contribution in [-0.4, -0.2) is 142 Å². The molecule has 1 rings (SSSR count). The summed E-state index contributed by atoms with van der Waals surface area (Å²) in [6.45, 7) is 5.82. The molecule has 0 spiro atoms. The van der Waals surface area contributed by atoms with E-state index in [4.69, 9.17) is 35.8 Å². The molecule has 384 valence electrons. The molecule has 68 heavy (non-hydrogen) atoms. The normalized spacial score (nSPS) is 12.4. The number of rotatable bonds is 46. The number of hydrogen-bond acceptors (Lipinski definition) is 14. The standard InChI is InChI=1S/C49H78N4O15/c1-4-14-42(50-3)44(56)25-20-38(37(2)54)15-10-11-26-51-46(58)35-67-34-32-65-30-27-52-47(59)36-66-33-31-64-28-13-16-40(55)21-24-43(49(62)63)53-45(57)17-9-7-5-6-8-12-29-68-41-22-18-39(19-23-41)48(60)61/h3,18-19,22-23,38,42-43,50H,4-17,20-21,24-36H2,1-2H3,(H,51,58)(H,52,59)(H,53,57)(H,60,61)(H,62,63)/t38-,42+,43+/m1/s1. The summed E-state index contributed by atoms with van der Waals surface area (Å²) in [6.07, 6.45) is 10.3. The molecule has 6 N–H and O–H groups in total. The minimum atomic E-state index is -1.19. The molecule has 0 unspecified atom stereocenters. The zero-order valence-corrected chi connectivity index (χ0v) is 40.3. The summed E-state index contributed by atoms with van der Waals surface area (Å²) in [5.74, 6) is -2.76. The van der Waals surface area contributed by atoms with Crippen LogP contribution in [0.25, 0.3) is 0 Å². The number of carboxylic acid groups (broad SMARTS) is 2. The Hall–Kier alpha value is -4.82. The first kappa shape index (κ1) is 61.2. The monoisotopic (exact) mass is 963 g/mol. The first-order chi connectivity index (χ1) is 32.8. The molecular weight excluding hydrogens is 885 g/mol. The van der Waals surface area contributed by atoms with Gasteiger partial charge in [-0.1, -0.05) is 45.4 Å². The molecule has 3 atom stereocenters. The van der Waals surface area contributed by atoms with Gasteiger partial charge in [0, 0.05) is 58.3 Å². The lowest BCUT2D eigenvalue weighted by atomic mass is 9.90. The van der Waals surface area contributed by atoms with Gasteiger partial charge in [0.25, 0.3) is 0 Å². The Bertz CT molecular complexity index is 1610. The molecule has 19 heteroatoms. The van der Waals surface area contributed by atoms with E-state index >= 15 is 0 Å². The smallest absolute Gasteiger partial charge is 0.335 e. The largest absolute Gasteiger partial charge is 0.494 e. The molecule has 0 aliphatic rings. The average Bonchev–Trinajstić information content (AvgIpc) is 3.31. The van der Waals surface area contributed by atoms with Crippen LogP contribution >= 0.6 is 0 Å². The molecule has 0 fully saturated rings. The summed E-state index contributed by atoms with van der Waals surface area (Å²) >= 11 is 0. The van der Waals surface area contributed by atoms with E-state index in [1.165, 1.54) is 19.1 Å². The number of nitrogens with one attached hydrogen (secondary N) is 4. The van der Waals surface area contributed by atoms with Crippen LogP contribution in [0.3, 0.4) is 0 Å².